The molecule has 1 heterocycles. The first kappa shape index (κ1) is 14.4. The number of nitro benzene ring substituents is 1. The van der Waals surface area contributed by atoms with Crippen molar-refractivity contribution in [3.63, 3.8) is 0 Å². The number of nitro groups is 1. The molecule has 2 unspecified atom stereocenters. The van der Waals surface area contributed by atoms with Gasteiger partial charge in [0.2, 0.25) is 0 Å². The van der Waals surface area contributed by atoms with E-state index in [2.05, 4.69) is 5.32 Å². The second-order valence-electron chi connectivity index (χ2n) is 5.04. The van der Waals surface area contributed by atoms with Crippen molar-refractivity contribution in [2.75, 3.05) is 13.1 Å². The number of nitrogens with zero attached hydrogens (tertiary/aromatic N) is 2. The lowest BCUT2D eigenvalue weighted by molar-refractivity contribution is -0.384. The highest BCUT2D eigenvalue weighted by atomic mass is 19.1. The second-order valence-corrected chi connectivity index (χ2v) is 5.04. The fourth-order valence-electron chi connectivity index (χ4n) is 2.25. The van der Waals surface area contributed by atoms with Crippen LogP contribution in [-0.4, -0.2) is 40.9 Å². The van der Waals surface area contributed by atoms with Gasteiger partial charge in [0.15, 0.2) is 0 Å². The van der Waals surface area contributed by atoms with Gasteiger partial charge in [-0.1, -0.05) is 0 Å². The van der Waals surface area contributed by atoms with E-state index in [0.717, 1.165) is 18.2 Å². The summed E-state index contributed by atoms with van der Waals surface area (Å²) in [7, 11) is 0. The Hall–Kier alpha value is -2.02. The van der Waals surface area contributed by atoms with E-state index in [-0.39, 0.29) is 23.3 Å². The van der Waals surface area contributed by atoms with Crippen LogP contribution in [0.4, 0.5) is 10.1 Å². The summed E-state index contributed by atoms with van der Waals surface area (Å²) in [5, 5.41) is 13.9. The van der Waals surface area contributed by atoms with Crippen LogP contribution < -0.4 is 5.32 Å². The molecule has 1 aromatic carbocycles. The maximum absolute atomic E-state index is 13.8. The van der Waals surface area contributed by atoms with Crippen LogP contribution in [0.5, 0.6) is 0 Å². The zero-order valence-corrected chi connectivity index (χ0v) is 11.3. The molecule has 0 aromatic heterocycles. The summed E-state index contributed by atoms with van der Waals surface area (Å²) in [6.07, 6.45) is 0. The Morgan fingerprint density at radius 3 is 2.85 bits per heavy atom. The molecule has 0 radical (unpaired) electrons. The van der Waals surface area contributed by atoms with Gasteiger partial charge in [0.1, 0.15) is 5.82 Å². The van der Waals surface area contributed by atoms with Crippen molar-refractivity contribution in [1.82, 2.24) is 10.2 Å². The third kappa shape index (κ3) is 2.77. The lowest BCUT2D eigenvalue weighted by Gasteiger charge is -2.37. The molecule has 7 heteroatoms. The molecule has 1 saturated heterocycles. The fraction of sp³-hybridized carbons (Fsp3) is 0.462. The number of carbonyl (C=O) groups excluding carboxylic acids is 1. The van der Waals surface area contributed by atoms with Gasteiger partial charge < -0.3 is 10.2 Å². The normalized spacial score (nSPS) is 22.6. The van der Waals surface area contributed by atoms with Gasteiger partial charge in [-0.3, -0.25) is 14.9 Å². The number of piperazine rings is 1. The molecule has 0 bridgehead atoms. The van der Waals surface area contributed by atoms with Crippen LogP contribution in [0.1, 0.15) is 24.2 Å². The highest BCUT2D eigenvalue weighted by Crippen LogP contribution is 2.20. The van der Waals surface area contributed by atoms with Gasteiger partial charge in [-0.25, -0.2) is 4.39 Å². The van der Waals surface area contributed by atoms with E-state index in [0.29, 0.717) is 13.1 Å². The van der Waals surface area contributed by atoms with Crippen molar-refractivity contribution in [1.29, 1.82) is 0 Å². The van der Waals surface area contributed by atoms with Crippen molar-refractivity contribution < 1.29 is 14.1 Å². The van der Waals surface area contributed by atoms with Gasteiger partial charge >= 0.3 is 0 Å². The van der Waals surface area contributed by atoms with Crippen LogP contribution in [0.25, 0.3) is 0 Å². The molecule has 1 amide bonds. The van der Waals surface area contributed by atoms with Crippen LogP contribution in [0, 0.1) is 15.9 Å². The number of non-ortho nitro benzene ring substituents is 1. The SMILES string of the molecule is CC1CN(C(=O)c2cc([N+](=O)[O-])ccc2F)C(C)CN1. The van der Waals surface area contributed by atoms with Gasteiger partial charge in [-0.05, 0) is 19.9 Å². The number of rotatable bonds is 2. The summed E-state index contributed by atoms with van der Waals surface area (Å²) in [4.78, 5) is 24.0. The smallest absolute Gasteiger partial charge is 0.270 e. The summed E-state index contributed by atoms with van der Waals surface area (Å²) in [6, 6.07) is 3.03. The monoisotopic (exact) mass is 281 g/mol. The molecule has 0 saturated carbocycles. The van der Waals surface area contributed by atoms with Crippen LogP contribution in [-0.2, 0) is 0 Å². The van der Waals surface area contributed by atoms with Crippen molar-refractivity contribution >= 4 is 11.6 Å². The Morgan fingerprint density at radius 1 is 1.50 bits per heavy atom. The Balaban J connectivity index is 2.32. The number of hydrogen-bond acceptors (Lipinski definition) is 4. The average Bonchev–Trinajstić information content (AvgIpc) is 2.41. The van der Waals surface area contributed by atoms with E-state index in [4.69, 9.17) is 0 Å². The maximum atomic E-state index is 13.8. The van der Waals surface area contributed by atoms with Crippen LogP contribution in [0.15, 0.2) is 18.2 Å². The zero-order valence-electron chi connectivity index (χ0n) is 11.3. The topological polar surface area (TPSA) is 75.5 Å². The first-order chi connectivity index (χ1) is 9.40. The van der Waals surface area contributed by atoms with Crippen molar-refractivity contribution in [2.45, 2.75) is 25.9 Å². The molecule has 0 aliphatic carbocycles. The minimum absolute atomic E-state index is 0.0858. The predicted octanol–water partition coefficient (Wildman–Crippen LogP) is 1.56. The van der Waals surface area contributed by atoms with Gasteiger partial charge in [0, 0.05) is 37.3 Å². The number of benzene rings is 1. The third-order valence-corrected chi connectivity index (χ3v) is 3.42. The number of carbonyl (C=O) groups is 1. The van der Waals surface area contributed by atoms with Crippen molar-refractivity contribution in [2.24, 2.45) is 0 Å². The van der Waals surface area contributed by atoms with E-state index in [1.54, 1.807) is 4.90 Å². The van der Waals surface area contributed by atoms with E-state index < -0.39 is 16.6 Å². The molecule has 2 atom stereocenters. The fourth-order valence-corrected chi connectivity index (χ4v) is 2.25. The van der Waals surface area contributed by atoms with Crippen LogP contribution in [0.3, 0.4) is 0 Å². The van der Waals surface area contributed by atoms with Gasteiger partial charge in [0.05, 0.1) is 10.5 Å². The summed E-state index contributed by atoms with van der Waals surface area (Å²) < 4.78 is 13.8. The minimum Gasteiger partial charge on any atom is -0.333 e. The first-order valence-electron chi connectivity index (χ1n) is 6.38. The van der Waals surface area contributed by atoms with E-state index in [9.17, 15) is 19.3 Å². The van der Waals surface area contributed by atoms with Crippen molar-refractivity contribution in [3.8, 4) is 0 Å². The molecule has 1 aromatic rings. The lowest BCUT2D eigenvalue weighted by Crippen LogP contribution is -2.56. The third-order valence-electron chi connectivity index (χ3n) is 3.42. The summed E-state index contributed by atoms with van der Waals surface area (Å²) >= 11 is 0. The molecule has 1 fully saturated rings. The molecule has 20 heavy (non-hydrogen) atoms. The van der Waals surface area contributed by atoms with Crippen LogP contribution in [0.2, 0.25) is 0 Å². The van der Waals surface area contributed by atoms with E-state index >= 15 is 0 Å². The van der Waals surface area contributed by atoms with E-state index in [1.807, 2.05) is 13.8 Å². The molecule has 1 aliphatic rings. The van der Waals surface area contributed by atoms with Gasteiger partial charge in [0.25, 0.3) is 11.6 Å². The first-order valence-corrected chi connectivity index (χ1v) is 6.38. The molecule has 108 valence electrons. The van der Waals surface area contributed by atoms with Gasteiger partial charge in [-0.2, -0.15) is 0 Å². The second kappa shape index (κ2) is 5.54. The number of halogens is 1. The molecule has 0 spiro atoms. The van der Waals surface area contributed by atoms with Crippen LogP contribution >= 0.6 is 0 Å². The number of hydrogen-bond donors (Lipinski definition) is 1. The highest BCUT2D eigenvalue weighted by Gasteiger charge is 2.29. The minimum atomic E-state index is -0.737. The Morgan fingerprint density at radius 2 is 2.20 bits per heavy atom. The Bertz CT molecular complexity index is 550. The molecule has 2 rings (SSSR count). The molecule has 6 nitrogen and oxygen atoms in total. The lowest BCUT2D eigenvalue weighted by atomic mass is 10.1. The summed E-state index contributed by atoms with van der Waals surface area (Å²) in [6.45, 7) is 4.84. The highest BCUT2D eigenvalue weighted by molar-refractivity contribution is 5.95. The largest absolute Gasteiger partial charge is 0.333 e. The zero-order chi connectivity index (χ0) is 14.9. The van der Waals surface area contributed by atoms with E-state index in [1.165, 1.54) is 0 Å². The predicted molar refractivity (Wildman–Crippen MR) is 71.0 cm³/mol. The molecular weight excluding hydrogens is 265 g/mol. The summed E-state index contributed by atoms with van der Waals surface area (Å²) in [5.41, 5.74) is -0.536. The average molecular weight is 281 g/mol. The molecular formula is C13H16FN3O3. The number of amides is 1. The number of nitrogens with one attached hydrogen (secondary N) is 1. The Labute approximate surface area is 115 Å². The standard InChI is InChI=1S/C13H16FN3O3/c1-8-7-16(9(2)6-15-8)13(18)11-5-10(17(19)20)3-4-12(11)14/h3-5,8-9,15H,6-7H2,1-2H3. The Kier molecular flexibility index (Phi) is 3.99. The summed E-state index contributed by atoms with van der Waals surface area (Å²) in [5.74, 6) is -1.24. The molecule has 1 aliphatic heterocycles. The maximum Gasteiger partial charge on any atom is 0.270 e. The van der Waals surface area contributed by atoms with Gasteiger partial charge in [-0.15, -0.1) is 0 Å². The molecule has 1 N–H and O–H groups in total. The quantitative estimate of drug-likeness (QED) is 0.659. The van der Waals surface area contributed by atoms with Crippen molar-refractivity contribution in [3.05, 3.63) is 39.7 Å².